The summed E-state index contributed by atoms with van der Waals surface area (Å²) in [7, 11) is 0. The molecule has 1 aromatic heterocycles. The Balaban J connectivity index is 2.61. The summed E-state index contributed by atoms with van der Waals surface area (Å²) in [6.07, 6.45) is 1.78. The summed E-state index contributed by atoms with van der Waals surface area (Å²) in [6.45, 7) is 0. The van der Waals surface area contributed by atoms with Gasteiger partial charge in [0.2, 0.25) is 0 Å². The number of aromatic nitrogens is 1. The van der Waals surface area contributed by atoms with E-state index < -0.39 is 0 Å². The second-order valence-corrected chi connectivity index (χ2v) is 3.18. The summed E-state index contributed by atoms with van der Waals surface area (Å²) >= 11 is 5.68. The summed E-state index contributed by atoms with van der Waals surface area (Å²) in [5.74, 6) is 0. The lowest BCUT2D eigenvalue weighted by atomic mass is 10.5. The Bertz CT molecular complexity index is 164. The Hall–Kier alpha value is -0.150. The molecule has 0 N–H and O–H groups in total. The minimum absolute atomic E-state index is 0.789. The van der Waals surface area contributed by atoms with E-state index in [1.54, 1.807) is 18.0 Å². The number of rotatable bonds is 2. The van der Waals surface area contributed by atoms with E-state index in [1.165, 1.54) is 0 Å². The van der Waals surface area contributed by atoms with Crippen LogP contribution in [-0.2, 0) is 0 Å². The summed E-state index contributed by atoms with van der Waals surface area (Å²) in [6, 6.07) is 5.85. The van der Waals surface area contributed by atoms with Crippen LogP contribution in [0.25, 0.3) is 0 Å². The van der Waals surface area contributed by atoms with Gasteiger partial charge in [-0.1, -0.05) is 17.8 Å². The van der Waals surface area contributed by atoms with Crippen molar-refractivity contribution in [1.82, 2.24) is 4.98 Å². The molecule has 0 amide bonds. The van der Waals surface area contributed by atoms with E-state index in [2.05, 4.69) is 17.6 Å². The Morgan fingerprint density at radius 1 is 1.56 bits per heavy atom. The van der Waals surface area contributed by atoms with Gasteiger partial charge in [-0.3, -0.25) is 0 Å². The van der Waals surface area contributed by atoms with E-state index in [4.69, 9.17) is 0 Å². The van der Waals surface area contributed by atoms with Gasteiger partial charge < -0.3 is 0 Å². The number of nitrogens with zero attached hydrogens (tertiary/aromatic N) is 1. The van der Waals surface area contributed by atoms with E-state index in [9.17, 15) is 0 Å². The minimum Gasteiger partial charge on any atom is -0.250 e. The van der Waals surface area contributed by atoms with Crippen molar-refractivity contribution in [2.45, 2.75) is 5.03 Å². The molecule has 0 aliphatic carbocycles. The fourth-order valence-corrected chi connectivity index (χ4v) is 1.34. The first-order chi connectivity index (χ1) is 4.43. The van der Waals surface area contributed by atoms with Gasteiger partial charge in [-0.25, -0.2) is 4.98 Å². The fourth-order valence-electron chi connectivity index (χ4n) is 0.499. The van der Waals surface area contributed by atoms with Crippen molar-refractivity contribution in [3.63, 3.8) is 0 Å². The second kappa shape index (κ2) is 3.80. The molecule has 0 saturated carbocycles. The second-order valence-electron chi connectivity index (χ2n) is 1.44. The quantitative estimate of drug-likeness (QED) is 0.401. The highest BCUT2D eigenvalue weighted by Gasteiger charge is 1.87. The summed E-state index contributed by atoms with van der Waals surface area (Å²) in [5, 5.41) is 1.82. The number of thiol groups is 1. The fraction of sp³-hybridized carbons (Fsp3) is 0.167. The molecule has 0 spiro atoms. The molecule has 1 heterocycles. The smallest absolute Gasteiger partial charge is 0.0967 e. The lowest BCUT2D eigenvalue weighted by Gasteiger charge is -1.92. The predicted octanol–water partition coefficient (Wildman–Crippen LogP) is 2.06. The lowest BCUT2D eigenvalue weighted by molar-refractivity contribution is 1.14. The van der Waals surface area contributed by atoms with Gasteiger partial charge in [0.25, 0.3) is 0 Å². The van der Waals surface area contributed by atoms with E-state index in [0.29, 0.717) is 0 Å². The van der Waals surface area contributed by atoms with Crippen LogP contribution in [0.2, 0.25) is 0 Å². The van der Waals surface area contributed by atoms with Gasteiger partial charge >= 0.3 is 0 Å². The number of hydrogen-bond donors (Lipinski definition) is 1. The Morgan fingerprint density at radius 3 is 3.00 bits per heavy atom. The standard InChI is InChI=1S/C6H7NS2/c8-5-9-6-3-1-2-4-7-6/h1-4,8H,5H2. The molecule has 0 aliphatic heterocycles. The first-order valence-corrected chi connectivity index (χ1v) is 4.20. The lowest BCUT2D eigenvalue weighted by Crippen LogP contribution is -1.74. The SMILES string of the molecule is SCSc1ccccn1. The molecular formula is C6H7NS2. The first-order valence-electron chi connectivity index (χ1n) is 2.58. The molecule has 0 fully saturated rings. The van der Waals surface area contributed by atoms with Crippen LogP contribution in [-0.4, -0.2) is 10.1 Å². The largest absolute Gasteiger partial charge is 0.250 e. The van der Waals surface area contributed by atoms with E-state index in [-0.39, 0.29) is 0 Å². The molecule has 48 valence electrons. The molecule has 1 rings (SSSR count). The van der Waals surface area contributed by atoms with Crippen LogP contribution < -0.4 is 0 Å². The normalized spacial score (nSPS) is 9.44. The summed E-state index contributed by atoms with van der Waals surface area (Å²) in [4.78, 5) is 4.08. The molecule has 0 radical (unpaired) electrons. The van der Waals surface area contributed by atoms with E-state index in [0.717, 1.165) is 10.1 Å². The van der Waals surface area contributed by atoms with Crippen molar-refractivity contribution in [3.8, 4) is 0 Å². The first kappa shape index (κ1) is 6.96. The summed E-state index contributed by atoms with van der Waals surface area (Å²) in [5.41, 5.74) is 0. The van der Waals surface area contributed by atoms with Crippen LogP contribution in [0.3, 0.4) is 0 Å². The van der Waals surface area contributed by atoms with Gasteiger partial charge in [0.1, 0.15) is 0 Å². The molecular weight excluding hydrogens is 150 g/mol. The zero-order valence-corrected chi connectivity index (χ0v) is 6.53. The predicted molar refractivity (Wildman–Crippen MR) is 43.9 cm³/mol. The number of hydrogen-bond acceptors (Lipinski definition) is 3. The maximum atomic E-state index is 4.08. The van der Waals surface area contributed by atoms with Crippen LogP contribution in [0.15, 0.2) is 29.4 Å². The average Bonchev–Trinajstić information content (AvgIpc) is 1.91. The zero-order valence-electron chi connectivity index (χ0n) is 4.82. The third kappa shape index (κ3) is 2.28. The maximum Gasteiger partial charge on any atom is 0.0967 e. The molecule has 0 aromatic carbocycles. The van der Waals surface area contributed by atoms with Crippen LogP contribution in [0.1, 0.15) is 0 Å². The number of pyridine rings is 1. The average molecular weight is 157 g/mol. The van der Waals surface area contributed by atoms with E-state index in [1.807, 2.05) is 18.2 Å². The maximum absolute atomic E-state index is 4.08. The van der Waals surface area contributed by atoms with Crippen LogP contribution in [0.4, 0.5) is 0 Å². The monoisotopic (exact) mass is 157 g/mol. The van der Waals surface area contributed by atoms with E-state index >= 15 is 0 Å². The van der Waals surface area contributed by atoms with Crippen molar-refractivity contribution in [3.05, 3.63) is 24.4 Å². The van der Waals surface area contributed by atoms with Gasteiger partial charge in [0.05, 0.1) is 5.03 Å². The van der Waals surface area contributed by atoms with Crippen molar-refractivity contribution in [1.29, 1.82) is 0 Å². The molecule has 0 bridgehead atoms. The van der Waals surface area contributed by atoms with Crippen molar-refractivity contribution >= 4 is 24.4 Å². The molecule has 3 heteroatoms. The van der Waals surface area contributed by atoms with Crippen LogP contribution in [0, 0.1) is 0 Å². The van der Waals surface area contributed by atoms with Crippen LogP contribution >= 0.6 is 24.4 Å². The highest BCUT2D eigenvalue weighted by Crippen LogP contribution is 2.13. The van der Waals surface area contributed by atoms with Crippen molar-refractivity contribution in [2.75, 3.05) is 5.08 Å². The van der Waals surface area contributed by atoms with Gasteiger partial charge in [-0.05, 0) is 12.1 Å². The molecule has 0 unspecified atom stereocenters. The summed E-state index contributed by atoms with van der Waals surface area (Å²) < 4.78 is 0. The molecule has 0 saturated heterocycles. The Kier molecular flexibility index (Phi) is 2.94. The third-order valence-electron chi connectivity index (χ3n) is 0.850. The molecule has 0 atom stereocenters. The van der Waals surface area contributed by atoms with Crippen LogP contribution in [0.5, 0.6) is 0 Å². The van der Waals surface area contributed by atoms with Gasteiger partial charge in [-0.2, -0.15) is 12.6 Å². The van der Waals surface area contributed by atoms with Gasteiger partial charge in [-0.15, -0.1) is 0 Å². The Morgan fingerprint density at radius 2 is 2.44 bits per heavy atom. The highest BCUT2D eigenvalue weighted by molar-refractivity contribution is 8.09. The van der Waals surface area contributed by atoms with Gasteiger partial charge in [0.15, 0.2) is 0 Å². The topological polar surface area (TPSA) is 12.9 Å². The zero-order chi connectivity index (χ0) is 6.53. The molecule has 1 nitrogen and oxygen atoms in total. The molecule has 0 aliphatic rings. The molecule has 1 aromatic rings. The highest BCUT2D eigenvalue weighted by atomic mass is 32.2. The van der Waals surface area contributed by atoms with Crippen molar-refractivity contribution < 1.29 is 0 Å². The number of thioether (sulfide) groups is 1. The van der Waals surface area contributed by atoms with Gasteiger partial charge in [0, 0.05) is 11.3 Å². The minimum atomic E-state index is 0.789. The van der Waals surface area contributed by atoms with Crippen molar-refractivity contribution in [2.24, 2.45) is 0 Å². The molecule has 9 heavy (non-hydrogen) atoms. The Labute approximate surface area is 64.3 Å². The third-order valence-corrected chi connectivity index (χ3v) is 1.90.